The first-order valence-electron chi connectivity index (χ1n) is 9.79. The van der Waals surface area contributed by atoms with Crippen molar-refractivity contribution in [2.45, 2.75) is 26.4 Å². The normalized spacial score (nSPS) is 19.6. The third-order valence-corrected chi connectivity index (χ3v) is 5.93. The van der Waals surface area contributed by atoms with Gasteiger partial charge in [-0.15, -0.1) is 0 Å². The molecule has 2 aliphatic rings. The van der Waals surface area contributed by atoms with Crippen LogP contribution in [0.2, 0.25) is 0 Å². The van der Waals surface area contributed by atoms with E-state index in [9.17, 15) is 14.0 Å². The number of halogens is 1. The molecule has 2 aromatic heterocycles. The van der Waals surface area contributed by atoms with Gasteiger partial charge < -0.3 is 9.80 Å². The largest absolute Gasteiger partial charge is 0.346 e. The van der Waals surface area contributed by atoms with Gasteiger partial charge in [0.05, 0.1) is 12.2 Å². The van der Waals surface area contributed by atoms with E-state index in [1.54, 1.807) is 50.4 Å². The second-order valence-corrected chi connectivity index (χ2v) is 7.66. The molecule has 2 atom stereocenters. The van der Waals surface area contributed by atoms with Gasteiger partial charge in [0, 0.05) is 32.1 Å². The molecule has 2 aliphatic heterocycles. The highest BCUT2D eigenvalue weighted by atomic mass is 19.1. The number of benzene rings is 1. The van der Waals surface area contributed by atoms with Crippen LogP contribution in [0.25, 0.3) is 0 Å². The fraction of sp³-hybridized carbons (Fsp3) is 0.261. The van der Waals surface area contributed by atoms with Crippen molar-refractivity contribution >= 4 is 29.3 Å². The highest BCUT2D eigenvalue weighted by Gasteiger charge is 2.42. The number of hydrogen-bond donors (Lipinski definition) is 0. The maximum absolute atomic E-state index is 13.9. The number of hydrogen-bond acceptors (Lipinski definition) is 6. The van der Waals surface area contributed by atoms with Crippen LogP contribution in [0, 0.1) is 5.82 Å². The van der Waals surface area contributed by atoms with Gasteiger partial charge >= 0.3 is 0 Å². The highest BCUT2D eigenvalue weighted by Crippen LogP contribution is 2.42. The van der Waals surface area contributed by atoms with Gasteiger partial charge in [-0.25, -0.2) is 9.37 Å². The van der Waals surface area contributed by atoms with E-state index < -0.39 is 17.9 Å². The lowest BCUT2D eigenvalue weighted by Crippen LogP contribution is -2.49. The maximum Gasteiger partial charge on any atom is 0.261 e. The molecule has 4 heterocycles. The quantitative estimate of drug-likeness (QED) is 0.616. The van der Waals surface area contributed by atoms with Crippen LogP contribution in [-0.4, -0.2) is 46.9 Å². The standard InChI is InChI=1S/C22H19FN6O2.CH4/c1-12-20(30)28(3)17-11-25-22(26-19(17)27(12)2)29-18(13-5-4-8-24-10-13)15-7-6-14(23)9-16(15)21(29)31;/h4-12,18H,1-3H3;1H4/t12-,18?;/m1./s1. The molecule has 0 bridgehead atoms. The molecule has 1 unspecified atom stereocenters. The number of amides is 2. The number of rotatable bonds is 2. The Kier molecular flexibility index (Phi) is 5.12. The number of carbonyl (C=O) groups excluding carboxylic acids is 2. The number of likely N-dealkylation sites (N-methyl/N-ethyl adjacent to an activating group) is 2. The maximum atomic E-state index is 13.9. The average Bonchev–Trinajstić information content (AvgIpc) is 3.08. The molecule has 8 nitrogen and oxygen atoms in total. The molecule has 0 saturated heterocycles. The Hall–Kier alpha value is -3.88. The van der Waals surface area contributed by atoms with Crippen molar-refractivity contribution in [1.82, 2.24) is 15.0 Å². The van der Waals surface area contributed by atoms with Gasteiger partial charge in [-0.05, 0) is 36.2 Å². The molecule has 1 aromatic carbocycles. The lowest BCUT2D eigenvalue weighted by atomic mass is 9.99. The molecule has 3 aromatic rings. The zero-order valence-corrected chi connectivity index (χ0v) is 17.2. The molecular formula is C23H23FN6O2. The van der Waals surface area contributed by atoms with Gasteiger partial charge in [0.1, 0.15) is 17.5 Å². The van der Waals surface area contributed by atoms with Crippen molar-refractivity contribution in [3.05, 3.63) is 71.4 Å². The molecule has 32 heavy (non-hydrogen) atoms. The van der Waals surface area contributed by atoms with Crippen molar-refractivity contribution in [1.29, 1.82) is 0 Å². The summed E-state index contributed by atoms with van der Waals surface area (Å²) >= 11 is 0. The van der Waals surface area contributed by atoms with Crippen molar-refractivity contribution in [2.24, 2.45) is 0 Å². The van der Waals surface area contributed by atoms with Gasteiger partial charge in [0.2, 0.25) is 11.9 Å². The lowest BCUT2D eigenvalue weighted by Gasteiger charge is -2.37. The summed E-state index contributed by atoms with van der Waals surface area (Å²) in [6, 6.07) is 6.87. The molecule has 0 N–H and O–H groups in total. The molecule has 164 valence electrons. The minimum atomic E-state index is -0.541. The molecular weight excluding hydrogens is 411 g/mol. The number of carbonyl (C=O) groups is 2. The van der Waals surface area contributed by atoms with Gasteiger partial charge in [0.25, 0.3) is 5.91 Å². The van der Waals surface area contributed by atoms with E-state index in [4.69, 9.17) is 0 Å². The predicted octanol–water partition coefficient (Wildman–Crippen LogP) is 3.20. The zero-order valence-electron chi connectivity index (χ0n) is 17.2. The van der Waals surface area contributed by atoms with Crippen LogP contribution in [0.1, 0.15) is 41.9 Å². The van der Waals surface area contributed by atoms with E-state index in [0.29, 0.717) is 17.1 Å². The Morgan fingerprint density at radius 1 is 1.09 bits per heavy atom. The fourth-order valence-electron chi connectivity index (χ4n) is 4.13. The number of fused-ring (bicyclic) bond motifs is 2. The highest BCUT2D eigenvalue weighted by molar-refractivity contribution is 6.11. The van der Waals surface area contributed by atoms with Crippen LogP contribution in [0.5, 0.6) is 0 Å². The van der Waals surface area contributed by atoms with Gasteiger partial charge in [-0.1, -0.05) is 19.6 Å². The molecule has 0 aliphatic carbocycles. The molecule has 0 saturated carbocycles. The van der Waals surface area contributed by atoms with Crippen molar-refractivity contribution in [2.75, 3.05) is 28.8 Å². The summed E-state index contributed by atoms with van der Waals surface area (Å²) in [6.45, 7) is 1.79. The third kappa shape index (κ3) is 3.00. The second-order valence-electron chi connectivity index (χ2n) is 7.66. The number of anilines is 3. The fourth-order valence-corrected chi connectivity index (χ4v) is 4.13. The van der Waals surface area contributed by atoms with E-state index in [1.165, 1.54) is 28.1 Å². The predicted molar refractivity (Wildman–Crippen MR) is 119 cm³/mol. The number of nitrogens with zero attached hydrogens (tertiary/aromatic N) is 6. The van der Waals surface area contributed by atoms with E-state index in [-0.39, 0.29) is 30.8 Å². The summed E-state index contributed by atoms with van der Waals surface area (Å²) in [6.07, 6.45) is 4.85. The van der Waals surface area contributed by atoms with Crippen LogP contribution < -0.4 is 14.7 Å². The van der Waals surface area contributed by atoms with Gasteiger partial charge in [-0.2, -0.15) is 4.98 Å². The first-order valence-corrected chi connectivity index (χ1v) is 9.79. The summed E-state index contributed by atoms with van der Waals surface area (Å²) in [5, 5.41) is 0. The third-order valence-electron chi connectivity index (χ3n) is 5.93. The summed E-state index contributed by atoms with van der Waals surface area (Å²) in [4.78, 5) is 43.7. The smallest absolute Gasteiger partial charge is 0.261 e. The first-order chi connectivity index (χ1) is 14.9. The van der Waals surface area contributed by atoms with Crippen LogP contribution in [0.4, 0.5) is 21.8 Å². The first kappa shape index (κ1) is 21.4. The van der Waals surface area contributed by atoms with Crippen LogP contribution >= 0.6 is 0 Å². The molecule has 0 fully saturated rings. The zero-order chi connectivity index (χ0) is 21.9. The Morgan fingerprint density at radius 2 is 1.88 bits per heavy atom. The minimum absolute atomic E-state index is 0. The number of aromatic nitrogens is 3. The summed E-state index contributed by atoms with van der Waals surface area (Å²) in [5.41, 5.74) is 2.25. The van der Waals surface area contributed by atoms with Crippen molar-refractivity contribution in [3.8, 4) is 0 Å². The Bertz CT molecular complexity index is 1220. The summed E-state index contributed by atoms with van der Waals surface area (Å²) in [7, 11) is 3.45. The van der Waals surface area contributed by atoms with Crippen molar-refractivity contribution in [3.63, 3.8) is 0 Å². The SMILES string of the molecule is C.C[C@@H]1C(=O)N(C)c2cnc(N3C(=O)c4cc(F)ccc4C3c3cccnc3)nc2N1C. The van der Waals surface area contributed by atoms with E-state index in [2.05, 4.69) is 15.0 Å². The van der Waals surface area contributed by atoms with Crippen LogP contribution in [0.3, 0.4) is 0 Å². The van der Waals surface area contributed by atoms with Gasteiger partial charge in [-0.3, -0.25) is 19.5 Å². The monoisotopic (exact) mass is 434 g/mol. The average molecular weight is 434 g/mol. The van der Waals surface area contributed by atoms with Gasteiger partial charge in [0.15, 0.2) is 5.82 Å². The van der Waals surface area contributed by atoms with Crippen LogP contribution in [0.15, 0.2) is 48.9 Å². The summed E-state index contributed by atoms with van der Waals surface area (Å²) in [5.74, 6) is -0.228. The van der Waals surface area contributed by atoms with E-state index in [0.717, 1.165) is 5.56 Å². The van der Waals surface area contributed by atoms with Crippen LogP contribution in [-0.2, 0) is 4.79 Å². The lowest BCUT2D eigenvalue weighted by molar-refractivity contribution is -0.119. The summed E-state index contributed by atoms with van der Waals surface area (Å²) < 4.78 is 13.9. The Balaban J connectivity index is 0.00000245. The molecule has 2 amide bonds. The topological polar surface area (TPSA) is 82.5 Å². The van der Waals surface area contributed by atoms with Crippen molar-refractivity contribution < 1.29 is 14.0 Å². The van der Waals surface area contributed by atoms with E-state index in [1.807, 2.05) is 6.07 Å². The Labute approximate surface area is 185 Å². The molecule has 5 rings (SSSR count). The second kappa shape index (κ2) is 7.67. The minimum Gasteiger partial charge on any atom is -0.346 e. The molecule has 9 heteroatoms. The number of pyridine rings is 1. The molecule has 0 spiro atoms. The Morgan fingerprint density at radius 3 is 2.59 bits per heavy atom. The van der Waals surface area contributed by atoms with E-state index >= 15 is 0 Å². The molecule has 0 radical (unpaired) electrons.